The lowest BCUT2D eigenvalue weighted by molar-refractivity contribution is -0.123. The fourth-order valence-corrected chi connectivity index (χ4v) is 4.84. The van der Waals surface area contributed by atoms with Crippen LogP contribution < -0.4 is 15.0 Å². The van der Waals surface area contributed by atoms with Crippen molar-refractivity contribution >= 4 is 23.2 Å². The molecule has 2 aromatic rings. The van der Waals surface area contributed by atoms with Gasteiger partial charge in [0.05, 0.1) is 6.10 Å². The molecule has 172 valence electrons. The Morgan fingerprint density at radius 2 is 1.78 bits per heavy atom. The van der Waals surface area contributed by atoms with E-state index in [2.05, 4.69) is 35.3 Å². The van der Waals surface area contributed by atoms with E-state index in [-0.39, 0.29) is 17.9 Å². The third-order valence-electron chi connectivity index (χ3n) is 6.79. The van der Waals surface area contributed by atoms with Gasteiger partial charge in [-0.1, -0.05) is 17.7 Å². The lowest BCUT2D eigenvalue weighted by atomic mass is 9.86. The molecule has 1 saturated heterocycles. The van der Waals surface area contributed by atoms with Crippen LogP contribution in [0.5, 0.6) is 5.75 Å². The summed E-state index contributed by atoms with van der Waals surface area (Å²) in [5.74, 6) is 1.12. The van der Waals surface area contributed by atoms with Gasteiger partial charge in [-0.15, -0.1) is 0 Å². The predicted molar refractivity (Wildman–Crippen MR) is 131 cm³/mol. The predicted octanol–water partition coefficient (Wildman–Crippen LogP) is 4.65. The summed E-state index contributed by atoms with van der Waals surface area (Å²) >= 11 is 5.95. The van der Waals surface area contributed by atoms with Crippen LogP contribution in [-0.4, -0.2) is 50.1 Å². The number of ether oxygens (including phenoxy) is 1. The maximum Gasteiger partial charge on any atom is 0.229 e. The third-order valence-corrected chi connectivity index (χ3v) is 7.04. The first kappa shape index (κ1) is 23.1. The smallest absolute Gasteiger partial charge is 0.229 e. The monoisotopic (exact) mass is 455 g/mol. The molecule has 1 aliphatic heterocycles. The molecule has 1 heterocycles. The Kier molecular flexibility index (Phi) is 7.71. The second-order valence-electron chi connectivity index (χ2n) is 9.08. The van der Waals surface area contributed by atoms with E-state index in [1.165, 1.54) is 11.1 Å². The minimum absolute atomic E-state index is 0.0610. The van der Waals surface area contributed by atoms with E-state index < -0.39 is 0 Å². The van der Waals surface area contributed by atoms with Crippen molar-refractivity contribution in [3.05, 3.63) is 58.6 Å². The number of carbonyl (C=O) groups excluding carboxylic acids is 1. The molecule has 0 atom stereocenters. The number of nitrogens with zero attached hydrogens (tertiary/aromatic N) is 2. The molecule has 1 aliphatic carbocycles. The Bertz CT molecular complexity index is 904. The van der Waals surface area contributed by atoms with E-state index >= 15 is 0 Å². The standard InChI is InChI=1S/C26H34ClN3O2/c1-19-17-23(8-3-21(19)18-30-15-13-28-14-16-30)29(2)26(31)20-4-9-24(10-5-20)32-25-11-6-22(27)7-12-25/h3,6-8,11-12,17,20,24,28H,4-5,9-10,13-16,18H2,1-2H3/t20-,24-. The fourth-order valence-electron chi connectivity index (χ4n) is 4.71. The van der Waals surface area contributed by atoms with Gasteiger partial charge in [-0.3, -0.25) is 9.69 Å². The lowest BCUT2D eigenvalue weighted by Gasteiger charge is -2.31. The molecular weight excluding hydrogens is 422 g/mol. The molecule has 0 unspecified atom stereocenters. The summed E-state index contributed by atoms with van der Waals surface area (Å²) < 4.78 is 6.08. The van der Waals surface area contributed by atoms with Crippen LogP contribution in [0.4, 0.5) is 5.69 Å². The van der Waals surface area contributed by atoms with E-state index in [1.807, 2.05) is 36.2 Å². The second kappa shape index (κ2) is 10.7. The molecule has 32 heavy (non-hydrogen) atoms. The maximum atomic E-state index is 13.2. The first-order valence-corrected chi connectivity index (χ1v) is 12.1. The average Bonchev–Trinajstić information content (AvgIpc) is 2.82. The summed E-state index contributed by atoms with van der Waals surface area (Å²) in [5, 5.41) is 4.11. The van der Waals surface area contributed by atoms with Crippen LogP contribution in [0.1, 0.15) is 36.8 Å². The van der Waals surface area contributed by atoms with Crippen molar-refractivity contribution in [3.63, 3.8) is 0 Å². The number of hydrogen-bond donors (Lipinski definition) is 1. The molecule has 2 aromatic carbocycles. The van der Waals surface area contributed by atoms with E-state index in [0.29, 0.717) is 5.02 Å². The summed E-state index contributed by atoms with van der Waals surface area (Å²) in [6.07, 6.45) is 3.69. The second-order valence-corrected chi connectivity index (χ2v) is 9.52. The normalized spacial score (nSPS) is 21.8. The first-order valence-electron chi connectivity index (χ1n) is 11.7. The van der Waals surface area contributed by atoms with Crippen LogP contribution >= 0.6 is 11.6 Å². The van der Waals surface area contributed by atoms with Crippen LogP contribution in [0.2, 0.25) is 5.02 Å². The van der Waals surface area contributed by atoms with E-state index in [4.69, 9.17) is 16.3 Å². The van der Waals surface area contributed by atoms with Gasteiger partial charge in [0.2, 0.25) is 5.91 Å². The molecule has 2 aliphatic rings. The van der Waals surface area contributed by atoms with Gasteiger partial charge in [-0.25, -0.2) is 0 Å². The summed E-state index contributed by atoms with van der Waals surface area (Å²) in [4.78, 5) is 17.5. The quantitative estimate of drug-likeness (QED) is 0.688. The van der Waals surface area contributed by atoms with Gasteiger partial charge in [-0.05, 0) is 80.1 Å². The van der Waals surface area contributed by atoms with Crippen LogP contribution in [0.15, 0.2) is 42.5 Å². The zero-order valence-electron chi connectivity index (χ0n) is 19.1. The van der Waals surface area contributed by atoms with Crippen molar-refractivity contribution in [1.82, 2.24) is 10.2 Å². The number of anilines is 1. The topological polar surface area (TPSA) is 44.8 Å². The van der Waals surface area contributed by atoms with Crippen molar-refractivity contribution in [2.24, 2.45) is 5.92 Å². The minimum Gasteiger partial charge on any atom is -0.490 e. The Morgan fingerprint density at radius 1 is 1.09 bits per heavy atom. The Hall–Kier alpha value is -2.08. The molecule has 5 nitrogen and oxygen atoms in total. The summed E-state index contributed by atoms with van der Waals surface area (Å²) in [6.45, 7) is 7.42. The van der Waals surface area contributed by atoms with Crippen molar-refractivity contribution in [1.29, 1.82) is 0 Å². The third kappa shape index (κ3) is 5.83. The van der Waals surface area contributed by atoms with Gasteiger partial charge in [0.25, 0.3) is 0 Å². The minimum atomic E-state index is 0.0610. The van der Waals surface area contributed by atoms with Crippen LogP contribution in [0.3, 0.4) is 0 Å². The number of aryl methyl sites for hydroxylation is 1. The zero-order valence-corrected chi connectivity index (χ0v) is 19.9. The molecular formula is C26H34ClN3O2. The number of halogens is 1. The molecule has 1 N–H and O–H groups in total. The van der Waals surface area contributed by atoms with Crippen molar-refractivity contribution < 1.29 is 9.53 Å². The number of amides is 1. The molecule has 0 spiro atoms. The van der Waals surface area contributed by atoms with Crippen LogP contribution in [-0.2, 0) is 11.3 Å². The molecule has 2 fully saturated rings. The molecule has 4 rings (SSSR count). The zero-order chi connectivity index (χ0) is 22.5. The van der Waals surface area contributed by atoms with E-state index in [9.17, 15) is 4.79 Å². The van der Waals surface area contributed by atoms with Crippen LogP contribution in [0.25, 0.3) is 0 Å². The highest BCUT2D eigenvalue weighted by Crippen LogP contribution is 2.31. The number of hydrogen-bond acceptors (Lipinski definition) is 4. The van der Waals surface area contributed by atoms with Crippen LogP contribution in [0, 0.1) is 12.8 Å². The Balaban J connectivity index is 1.30. The summed E-state index contributed by atoms with van der Waals surface area (Å²) in [5.41, 5.74) is 3.58. The number of carbonyl (C=O) groups is 1. The van der Waals surface area contributed by atoms with Crippen molar-refractivity contribution in [2.75, 3.05) is 38.1 Å². The van der Waals surface area contributed by atoms with Crippen molar-refractivity contribution in [2.45, 2.75) is 45.3 Å². The van der Waals surface area contributed by atoms with Gasteiger partial charge in [0.1, 0.15) is 5.75 Å². The summed E-state index contributed by atoms with van der Waals surface area (Å²) in [6, 6.07) is 13.9. The van der Waals surface area contributed by atoms with Crippen molar-refractivity contribution in [3.8, 4) is 5.75 Å². The maximum absolute atomic E-state index is 13.2. The average molecular weight is 456 g/mol. The highest BCUT2D eigenvalue weighted by molar-refractivity contribution is 6.30. The molecule has 1 saturated carbocycles. The number of rotatable bonds is 6. The summed E-state index contributed by atoms with van der Waals surface area (Å²) in [7, 11) is 1.91. The Morgan fingerprint density at radius 3 is 2.44 bits per heavy atom. The number of benzene rings is 2. The highest BCUT2D eigenvalue weighted by Gasteiger charge is 2.29. The van der Waals surface area contributed by atoms with Gasteiger partial charge in [0.15, 0.2) is 0 Å². The van der Waals surface area contributed by atoms with Gasteiger partial charge in [-0.2, -0.15) is 0 Å². The molecule has 0 bridgehead atoms. The molecule has 0 radical (unpaired) electrons. The number of nitrogens with one attached hydrogen (secondary N) is 1. The molecule has 6 heteroatoms. The highest BCUT2D eigenvalue weighted by atomic mass is 35.5. The van der Waals surface area contributed by atoms with Gasteiger partial charge >= 0.3 is 0 Å². The lowest BCUT2D eigenvalue weighted by Crippen LogP contribution is -2.43. The molecule has 0 aromatic heterocycles. The number of piperazine rings is 1. The first-order chi connectivity index (χ1) is 15.5. The fraction of sp³-hybridized carbons (Fsp3) is 0.500. The van der Waals surface area contributed by atoms with E-state index in [0.717, 1.165) is 69.8 Å². The SMILES string of the molecule is Cc1cc(N(C)C(=O)[C@H]2CC[C@H](Oc3ccc(Cl)cc3)CC2)ccc1CN1CCNCC1. The largest absolute Gasteiger partial charge is 0.490 e. The van der Waals surface area contributed by atoms with Gasteiger partial charge in [0, 0.05) is 56.4 Å². The van der Waals surface area contributed by atoms with Gasteiger partial charge < -0.3 is 15.0 Å². The Labute approximate surface area is 196 Å². The molecule has 1 amide bonds. The van der Waals surface area contributed by atoms with E-state index in [1.54, 1.807) is 0 Å².